The molecule has 7 nitrogen and oxygen atoms in total. The quantitative estimate of drug-likeness (QED) is 0.817. The molecule has 7 heteroatoms. The molecule has 2 fully saturated rings. The van der Waals surface area contributed by atoms with Gasteiger partial charge in [0.1, 0.15) is 0 Å². The molecule has 0 unspecified atom stereocenters. The van der Waals surface area contributed by atoms with Crippen LogP contribution in [0.5, 0.6) is 0 Å². The second kappa shape index (κ2) is 7.93. The number of furan rings is 1. The average Bonchev–Trinajstić information content (AvgIpc) is 3.21. The van der Waals surface area contributed by atoms with E-state index in [9.17, 15) is 14.4 Å². The molecule has 0 N–H and O–H groups in total. The maximum absolute atomic E-state index is 12.8. The summed E-state index contributed by atoms with van der Waals surface area (Å²) in [5.74, 6) is 0.530. The van der Waals surface area contributed by atoms with Crippen molar-refractivity contribution in [2.75, 3.05) is 39.3 Å². The lowest BCUT2D eigenvalue weighted by atomic mass is 9.94. The van der Waals surface area contributed by atoms with Crippen molar-refractivity contribution >= 4 is 17.7 Å². The summed E-state index contributed by atoms with van der Waals surface area (Å²) in [6.45, 7) is 7.28. The molecule has 0 aromatic carbocycles. The van der Waals surface area contributed by atoms with Crippen molar-refractivity contribution in [1.29, 1.82) is 0 Å². The summed E-state index contributed by atoms with van der Waals surface area (Å²) in [6.07, 6.45) is 2.94. The Bertz CT molecular complexity index is 640. The van der Waals surface area contributed by atoms with Gasteiger partial charge in [0, 0.05) is 51.1 Å². The first-order valence-corrected chi connectivity index (χ1v) is 9.37. The van der Waals surface area contributed by atoms with Crippen LogP contribution in [0.15, 0.2) is 22.8 Å². The van der Waals surface area contributed by atoms with Crippen molar-refractivity contribution in [2.24, 2.45) is 11.8 Å². The van der Waals surface area contributed by atoms with Crippen LogP contribution in [-0.4, -0.2) is 71.7 Å². The van der Waals surface area contributed by atoms with Crippen molar-refractivity contribution < 1.29 is 18.8 Å². The minimum atomic E-state index is -0.123. The molecule has 3 heterocycles. The summed E-state index contributed by atoms with van der Waals surface area (Å²) in [7, 11) is 0. The SMILES string of the molecule is CC(C)C(=O)N1CCC(C(=O)N2CCN(C(=O)c3ccco3)CC2)CC1. The smallest absolute Gasteiger partial charge is 0.289 e. The maximum Gasteiger partial charge on any atom is 0.289 e. The van der Waals surface area contributed by atoms with Crippen molar-refractivity contribution in [3.8, 4) is 0 Å². The Labute approximate surface area is 153 Å². The first-order valence-electron chi connectivity index (χ1n) is 9.37. The third-order valence-electron chi connectivity index (χ3n) is 5.26. The fourth-order valence-electron chi connectivity index (χ4n) is 3.66. The summed E-state index contributed by atoms with van der Waals surface area (Å²) in [4.78, 5) is 42.6. The molecule has 0 atom stereocenters. The van der Waals surface area contributed by atoms with Gasteiger partial charge in [-0.15, -0.1) is 0 Å². The van der Waals surface area contributed by atoms with Crippen LogP contribution in [0.3, 0.4) is 0 Å². The van der Waals surface area contributed by atoms with Crippen molar-refractivity contribution in [3.05, 3.63) is 24.2 Å². The van der Waals surface area contributed by atoms with Crippen LogP contribution in [-0.2, 0) is 9.59 Å². The third kappa shape index (κ3) is 3.92. The summed E-state index contributed by atoms with van der Waals surface area (Å²) in [5, 5.41) is 0. The second-order valence-electron chi connectivity index (χ2n) is 7.35. The number of likely N-dealkylation sites (tertiary alicyclic amines) is 1. The van der Waals surface area contributed by atoms with Crippen LogP contribution in [0.25, 0.3) is 0 Å². The third-order valence-corrected chi connectivity index (χ3v) is 5.26. The molecule has 0 saturated carbocycles. The first-order chi connectivity index (χ1) is 12.5. The van der Waals surface area contributed by atoms with Crippen molar-refractivity contribution in [3.63, 3.8) is 0 Å². The Morgan fingerprint density at radius 1 is 0.962 bits per heavy atom. The normalized spacial score (nSPS) is 19.1. The zero-order valence-electron chi connectivity index (χ0n) is 15.5. The number of carbonyl (C=O) groups excluding carboxylic acids is 3. The largest absolute Gasteiger partial charge is 0.459 e. The van der Waals surface area contributed by atoms with Gasteiger partial charge >= 0.3 is 0 Å². The van der Waals surface area contributed by atoms with Gasteiger partial charge < -0.3 is 19.1 Å². The molecule has 2 aliphatic rings. The molecule has 0 bridgehead atoms. The summed E-state index contributed by atoms with van der Waals surface area (Å²) >= 11 is 0. The van der Waals surface area contributed by atoms with Gasteiger partial charge in [0.25, 0.3) is 5.91 Å². The van der Waals surface area contributed by atoms with Crippen LogP contribution in [0.2, 0.25) is 0 Å². The van der Waals surface area contributed by atoms with E-state index in [4.69, 9.17) is 4.42 Å². The van der Waals surface area contributed by atoms with E-state index in [-0.39, 0.29) is 29.6 Å². The van der Waals surface area contributed by atoms with Gasteiger partial charge in [-0.1, -0.05) is 13.8 Å². The molecule has 0 radical (unpaired) electrons. The lowest BCUT2D eigenvalue weighted by Crippen LogP contribution is -2.53. The lowest BCUT2D eigenvalue weighted by Gasteiger charge is -2.38. The van der Waals surface area contributed by atoms with Crippen molar-refractivity contribution in [1.82, 2.24) is 14.7 Å². The molecule has 0 aliphatic carbocycles. The molecule has 2 saturated heterocycles. The minimum absolute atomic E-state index is 0.00188. The molecule has 3 rings (SSSR count). The van der Waals surface area contributed by atoms with Crippen molar-refractivity contribution in [2.45, 2.75) is 26.7 Å². The molecule has 1 aromatic heterocycles. The Morgan fingerprint density at radius 3 is 2.12 bits per heavy atom. The Balaban J connectivity index is 1.47. The fraction of sp³-hybridized carbons (Fsp3) is 0.632. The summed E-state index contributed by atoms with van der Waals surface area (Å²) in [6, 6.07) is 3.36. The molecular weight excluding hydrogens is 334 g/mol. The highest BCUT2D eigenvalue weighted by Gasteiger charge is 2.33. The molecular formula is C19H27N3O4. The monoisotopic (exact) mass is 361 g/mol. The fourth-order valence-corrected chi connectivity index (χ4v) is 3.66. The summed E-state index contributed by atoms with van der Waals surface area (Å²) in [5.41, 5.74) is 0. The topological polar surface area (TPSA) is 74.1 Å². The predicted octanol–water partition coefficient (Wildman–Crippen LogP) is 1.46. The van der Waals surface area contributed by atoms with Crippen LogP contribution in [0, 0.1) is 11.8 Å². The molecule has 0 spiro atoms. The van der Waals surface area contributed by atoms with Gasteiger partial charge in [-0.05, 0) is 25.0 Å². The highest BCUT2D eigenvalue weighted by atomic mass is 16.3. The Kier molecular flexibility index (Phi) is 5.64. The lowest BCUT2D eigenvalue weighted by molar-refractivity contribution is -0.143. The molecule has 142 valence electrons. The zero-order chi connectivity index (χ0) is 18.7. The van der Waals surface area contributed by atoms with Crippen LogP contribution < -0.4 is 0 Å². The van der Waals surface area contributed by atoms with E-state index in [0.717, 1.165) is 12.8 Å². The minimum Gasteiger partial charge on any atom is -0.459 e. The van der Waals surface area contributed by atoms with Gasteiger partial charge in [-0.2, -0.15) is 0 Å². The Hall–Kier alpha value is -2.31. The highest BCUT2D eigenvalue weighted by Crippen LogP contribution is 2.22. The summed E-state index contributed by atoms with van der Waals surface area (Å²) < 4.78 is 5.16. The van der Waals surface area contributed by atoms with E-state index in [1.54, 1.807) is 17.0 Å². The number of hydrogen-bond acceptors (Lipinski definition) is 4. The maximum atomic E-state index is 12.8. The first kappa shape index (κ1) is 18.5. The van der Waals surface area contributed by atoms with E-state index < -0.39 is 0 Å². The number of piperazine rings is 1. The molecule has 26 heavy (non-hydrogen) atoms. The number of hydrogen-bond donors (Lipinski definition) is 0. The van der Waals surface area contributed by atoms with E-state index in [1.165, 1.54) is 6.26 Å². The zero-order valence-corrected chi connectivity index (χ0v) is 15.5. The van der Waals surface area contributed by atoms with E-state index in [2.05, 4.69) is 0 Å². The second-order valence-corrected chi connectivity index (χ2v) is 7.35. The number of carbonyl (C=O) groups is 3. The van der Waals surface area contributed by atoms with Gasteiger partial charge in [-0.25, -0.2) is 0 Å². The van der Waals surface area contributed by atoms with Gasteiger partial charge in [0.2, 0.25) is 11.8 Å². The molecule has 1 aromatic rings. The molecule has 3 amide bonds. The number of nitrogens with zero attached hydrogens (tertiary/aromatic N) is 3. The van der Waals surface area contributed by atoms with E-state index in [1.807, 2.05) is 23.6 Å². The van der Waals surface area contributed by atoms with Crippen LogP contribution in [0.1, 0.15) is 37.2 Å². The van der Waals surface area contributed by atoms with Crippen LogP contribution in [0.4, 0.5) is 0 Å². The van der Waals surface area contributed by atoms with Gasteiger partial charge in [0.15, 0.2) is 5.76 Å². The highest BCUT2D eigenvalue weighted by molar-refractivity contribution is 5.91. The molecule has 2 aliphatic heterocycles. The van der Waals surface area contributed by atoms with Gasteiger partial charge in [-0.3, -0.25) is 14.4 Å². The number of amides is 3. The number of piperidine rings is 1. The Morgan fingerprint density at radius 2 is 1.58 bits per heavy atom. The standard InChI is InChI=1S/C19H27N3O4/c1-14(2)17(23)20-7-5-15(6-8-20)18(24)21-9-11-22(12-10-21)19(25)16-4-3-13-26-16/h3-4,13-15H,5-12H2,1-2H3. The van der Waals surface area contributed by atoms with E-state index >= 15 is 0 Å². The van der Waals surface area contributed by atoms with E-state index in [0.29, 0.717) is 45.0 Å². The predicted molar refractivity (Wildman–Crippen MR) is 95.3 cm³/mol. The van der Waals surface area contributed by atoms with Crippen LogP contribution >= 0.6 is 0 Å². The number of rotatable bonds is 3. The average molecular weight is 361 g/mol. The van der Waals surface area contributed by atoms with Gasteiger partial charge in [0.05, 0.1) is 6.26 Å².